The first-order chi connectivity index (χ1) is 7.07. The molecule has 0 amide bonds. The zero-order valence-electron chi connectivity index (χ0n) is 9.41. The van der Waals surface area contributed by atoms with Crippen LogP contribution in [0.25, 0.3) is 0 Å². The molecule has 1 saturated carbocycles. The second kappa shape index (κ2) is 4.42. The minimum atomic E-state index is -2.70. The van der Waals surface area contributed by atoms with E-state index >= 15 is 0 Å². The van der Waals surface area contributed by atoms with Gasteiger partial charge in [0.1, 0.15) is 9.84 Å². The molecule has 2 aliphatic rings. The lowest BCUT2D eigenvalue weighted by atomic mass is 9.80. The Morgan fingerprint density at radius 2 is 1.73 bits per heavy atom. The topological polar surface area (TPSA) is 46.2 Å². The van der Waals surface area contributed by atoms with Gasteiger partial charge in [-0.25, -0.2) is 8.42 Å². The van der Waals surface area contributed by atoms with Crippen LogP contribution in [0.15, 0.2) is 0 Å². The van der Waals surface area contributed by atoms with E-state index in [9.17, 15) is 8.42 Å². The number of rotatable bonds is 3. The van der Waals surface area contributed by atoms with Crippen molar-refractivity contribution >= 4 is 9.84 Å². The van der Waals surface area contributed by atoms with Gasteiger partial charge in [0.2, 0.25) is 0 Å². The van der Waals surface area contributed by atoms with Gasteiger partial charge >= 0.3 is 0 Å². The van der Waals surface area contributed by atoms with E-state index in [0.29, 0.717) is 23.6 Å². The molecule has 0 spiro atoms. The molecule has 1 unspecified atom stereocenters. The number of nitrogens with one attached hydrogen (secondary N) is 1. The largest absolute Gasteiger partial charge is 0.311 e. The van der Waals surface area contributed by atoms with Crippen LogP contribution < -0.4 is 5.32 Å². The molecule has 2 fully saturated rings. The second-order valence-electron chi connectivity index (χ2n) is 5.07. The number of hydrogen-bond donors (Lipinski definition) is 1. The molecular formula is C11H21NO2S. The minimum Gasteiger partial charge on any atom is -0.311 e. The molecule has 1 aliphatic carbocycles. The van der Waals surface area contributed by atoms with Crippen molar-refractivity contribution in [1.29, 1.82) is 0 Å². The summed E-state index contributed by atoms with van der Waals surface area (Å²) in [6.07, 6.45) is 5.67. The summed E-state index contributed by atoms with van der Waals surface area (Å²) in [5.74, 6) is 1.59. The molecule has 0 radical (unpaired) electrons. The van der Waals surface area contributed by atoms with E-state index in [1.54, 1.807) is 0 Å². The summed E-state index contributed by atoms with van der Waals surface area (Å²) < 4.78 is 22.5. The summed E-state index contributed by atoms with van der Waals surface area (Å²) in [6, 6.07) is 1.01. The number of hydrogen-bond acceptors (Lipinski definition) is 3. The molecule has 4 heteroatoms. The Bertz CT molecular complexity index is 295. The summed E-state index contributed by atoms with van der Waals surface area (Å²) in [4.78, 5) is 0. The summed E-state index contributed by atoms with van der Waals surface area (Å²) in [7, 11) is -2.70. The van der Waals surface area contributed by atoms with E-state index in [2.05, 4.69) is 12.2 Å². The molecule has 0 aromatic rings. The fraction of sp³-hybridized carbons (Fsp3) is 1.00. The molecule has 1 saturated heterocycles. The van der Waals surface area contributed by atoms with Crippen molar-refractivity contribution in [2.45, 2.75) is 51.1 Å². The van der Waals surface area contributed by atoms with Crippen LogP contribution in [0.3, 0.4) is 0 Å². The molecule has 15 heavy (non-hydrogen) atoms. The van der Waals surface area contributed by atoms with Crippen molar-refractivity contribution < 1.29 is 8.42 Å². The van der Waals surface area contributed by atoms with Crippen molar-refractivity contribution in [3.63, 3.8) is 0 Å². The summed E-state index contributed by atoms with van der Waals surface area (Å²) in [5, 5.41) is 3.59. The maximum Gasteiger partial charge on any atom is 0.150 e. The molecule has 0 aromatic heterocycles. The third-order valence-corrected chi connectivity index (χ3v) is 5.63. The molecular weight excluding hydrogens is 210 g/mol. The highest BCUT2D eigenvalue weighted by Crippen LogP contribution is 2.30. The Labute approximate surface area is 92.6 Å². The van der Waals surface area contributed by atoms with E-state index in [-0.39, 0.29) is 0 Å². The Hall–Kier alpha value is -0.0900. The second-order valence-corrected chi connectivity index (χ2v) is 7.38. The van der Waals surface area contributed by atoms with Crippen molar-refractivity contribution in [2.75, 3.05) is 11.5 Å². The van der Waals surface area contributed by atoms with E-state index in [1.165, 1.54) is 19.3 Å². The molecule has 0 aromatic carbocycles. The van der Waals surface area contributed by atoms with Gasteiger partial charge in [-0.15, -0.1) is 0 Å². The van der Waals surface area contributed by atoms with Crippen molar-refractivity contribution in [1.82, 2.24) is 5.32 Å². The monoisotopic (exact) mass is 231 g/mol. The lowest BCUT2D eigenvalue weighted by molar-refractivity contribution is 0.222. The van der Waals surface area contributed by atoms with E-state index in [1.807, 2.05) is 0 Å². The lowest BCUT2D eigenvalue weighted by Gasteiger charge is -2.35. The molecule has 1 heterocycles. The van der Waals surface area contributed by atoms with Gasteiger partial charge in [-0.3, -0.25) is 0 Å². The zero-order valence-corrected chi connectivity index (χ0v) is 10.2. The van der Waals surface area contributed by atoms with E-state index < -0.39 is 9.84 Å². The Morgan fingerprint density at radius 1 is 1.13 bits per heavy atom. The summed E-state index contributed by atoms with van der Waals surface area (Å²) in [6.45, 7) is 2.24. The molecule has 1 N–H and O–H groups in total. The van der Waals surface area contributed by atoms with Crippen molar-refractivity contribution in [3.8, 4) is 0 Å². The van der Waals surface area contributed by atoms with Crippen LogP contribution in [0.5, 0.6) is 0 Å². The molecule has 88 valence electrons. The first-order valence-electron chi connectivity index (χ1n) is 6.03. The van der Waals surface area contributed by atoms with Crippen LogP contribution in [0.2, 0.25) is 0 Å². The van der Waals surface area contributed by atoms with E-state index in [0.717, 1.165) is 18.8 Å². The standard InChI is InChI=1S/C11H21NO2S/c1-9(10-3-2-4-10)12-11-5-7-15(13,14)8-6-11/h9-12H,2-8H2,1H3. The van der Waals surface area contributed by atoms with Gasteiger partial charge in [-0.1, -0.05) is 6.42 Å². The fourth-order valence-corrected chi connectivity index (χ4v) is 4.00. The molecule has 0 bridgehead atoms. The van der Waals surface area contributed by atoms with Crippen LogP contribution in [0.4, 0.5) is 0 Å². The summed E-state index contributed by atoms with van der Waals surface area (Å²) >= 11 is 0. The first-order valence-corrected chi connectivity index (χ1v) is 7.85. The predicted molar refractivity (Wildman–Crippen MR) is 61.6 cm³/mol. The van der Waals surface area contributed by atoms with Crippen LogP contribution in [0, 0.1) is 5.92 Å². The van der Waals surface area contributed by atoms with Gasteiger partial charge < -0.3 is 5.32 Å². The number of sulfone groups is 1. The summed E-state index contributed by atoms with van der Waals surface area (Å²) in [5.41, 5.74) is 0. The Kier molecular flexibility index (Phi) is 3.36. The lowest BCUT2D eigenvalue weighted by Crippen LogP contribution is -2.46. The highest BCUT2D eigenvalue weighted by atomic mass is 32.2. The van der Waals surface area contributed by atoms with Gasteiger partial charge in [0.25, 0.3) is 0 Å². The highest BCUT2D eigenvalue weighted by Gasteiger charge is 2.28. The smallest absolute Gasteiger partial charge is 0.150 e. The quantitative estimate of drug-likeness (QED) is 0.797. The van der Waals surface area contributed by atoms with Crippen LogP contribution >= 0.6 is 0 Å². The average Bonchev–Trinajstić information content (AvgIpc) is 2.05. The van der Waals surface area contributed by atoms with Crippen LogP contribution in [-0.2, 0) is 9.84 Å². The molecule has 3 nitrogen and oxygen atoms in total. The van der Waals surface area contributed by atoms with Gasteiger partial charge in [-0.05, 0) is 38.5 Å². The van der Waals surface area contributed by atoms with Crippen LogP contribution in [-0.4, -0.2) is 32.0 Å². The Morgan fingerprint density at radius 3 is 2.20 bits per heavy atom. The van der Waals surface area contributed by atoms with Crippen molar-refractivity contribution in [2.24, 2.45) is 5.92 Å². The van der Waals surface area contributed by atoms with Crippen molar-refractivity contribution in [3.05, 3.63) is 0 Å². The van der Waals surface area contributed by atoms with Gasteiger partial charge in [-0.2, -0.15) is 0 Å². The van der Waals surface area contributed by atoms with Gasteiger partial charge in [0.05, 0.1) is 11.5 Å². The van der Waals surface area contributed by atoms with E-state index in [4.69, 9.17) is 0 Å². The van der Waals surface area contributed by atoms with Gasteiger partial charge in [0.15, 0.2) is 0 Å². The third kappa shape index (κ3) is 2.94. The Balaban J connectivity index is 1.76. The maximum absolute atomic E-state index is 11.3. The first kappa shape index (κ1) is 11.4. The SMILES string of the molecule is CC(NC1CCS(=O)(=O)CC1)C1CCC1. The molecule has 1 atom stereocenters. The fourth-order valence-electron chi connectivity index (χ4n) is 2.50. The third-order valence-electron chi connectivity index (χ3n) is 3.91. The molecule has 2 rings (SSSR count). The highest BCUT2D eigenvalue weighted by molar-refractivity contribution is 7.91. The average molecular weight is 231 g/mol. The van der Waals surface area contributed by atoms with Gasteiger partial charge in [0, 0.05) is 12.1 Å². The minimum absolute atomic E-state index is 0.377. The zero-order chi connectivity index (χ0) is 10.9. The predicted octanol–water partition coefficient (Wildman–Crippen LogP) is 1.34. The van der Waals surface area contributed by atoms with Crippen LogP contribution in [0.1, 0.15) is 39.0 Å². The molecule has 1 aliphatic heterocycles. The normalized spacial score (nSPS) is 29.7. The maximum atomic E-state index is 11.3.